The first-order chi connectivity index (χ1) is 14.4. The minimum absolute atomic E-state index is 0.0560. The lowest BCUT2D eigenvalue weighted by atomic mass is 10.0. The number of rotatable bonds is 7. The van der Waals surface area contributed by atoms with Crippen LogP contribution in [0.4, 0.5) is 10.1 Å². The summed E-state index contributed by atoms with van der Waals surface area (Å²) in [5.74, 6) is -0.637. The fraction of sp³-hybridized carbons (Fsp3) is 0.217. The van der Waals surface area contributed by atoms with Crippen LogP contribution in [0.15, 0.2) is 54.9 Å². The second-order valence-corrected chi connectivity index (χ2v) is 7.20. The predicted octanol–water partition coefficient (Wildman–Crippen LogP) is 5.12. The van der Waals surface area contributed by atoms with Crippen LogP contribution in [0.25, 0.3) is 11.3 Å². The molecule has 0 fully saturated rings. The number of hydrogen-bond donors (Lipinski definition) is 0. The molecule has 7 heteroatoms. The third-order valence-electron chi connectivity index (χ3n) is 4.81. The van der Waals surface area contributed by atoms with E-state index in [1.165, 1.54) is 17.2 Å². The summed E-state index contributed by atoms with van der Waals surface area (Å²) in [5.41, 5.74) is 2.59. The highest BCUT2D eigenvalue weighted by atomic mass is 35.5. The topological polar surface area (TPSA) is 63.2 Å². The van der Waals surface area contributed by atoms with Gasteiger partial charge in [-0.15, -0.1) is 0 Å². The SMILES string of the molecule is CCC(=O)N(C)c1ccc(-c2ccc(C(=O)CCc3ccc(Cl)nc3)cn2)c(F)c1. The summed E-state index contributed by atoms with van der Waals surface area (Å²) in [7, 11) is 1.61. The molecule has 0 aliphatic rings. The number of nitrogens with zero attached hydrogens (tertiary/aromatic N) is 3. The molecule has 0 spiro atoms. The Hall–Kier alpha value is -3.12. The fourth-order valence-corrected chi connectivity index (χ4v) is 3.09. The molecule has 30 heavy (non-hydrogen) atoms. The molecular weight excluding hydrogens is 405 g/mol. The summed E-state index contributed by atoms with van der Waals surface area (Å²) >= 11 is 5.76. The lowest BCUT2D eigenvalue weighted by molar-refractivity contribution is -0.118. The summed E-state index contributed by atoms with van der Waals surface area (Å²) in [5, 5.41) is 0.411. The molecular formula is C23H21ClFN3O2. The molecule has 0 radical (unpaired) electrons. The van der Waals surface area contributed by atoms with Gasteiger partial charge in [-0.25, -0.2) is 9.37 Å². The van der Waals surface area contributed by atoms with E-state index in [0.29, 0.717) is 46.9 Å². The number of amides is 1. The Morgan fingerprint density at radius 2 is 1.87 bits per heavy atom. The van der Waals surface area contributed by atoms with E-state index in [-0.39, 0.29) is 11.7 Å². The Kier molecular flexibility index (Phi) is 6.90. The van der Waals surface area contributed by atoms with Gasteiger partial charge in [0.15, 0.2) is 5.78 Å². The van der Waals surface area contributed by atoms with Gasteiger partial charge >= 0.3 is 0 Å². The summed E-state index contributed by atoms with van der Waals surface area (Å²) < 4.78 is 14.6. The number of aromatic nitrogens is 2. The van der Waals surface area contributed by atoms with Gasteiger partial charge in [0, 0.05) is 49.1 Å². The van der Waals surface area contributed by atoms with E-state index in [9.17, 15) is 14.0 Å². The van der Waals surface area contributed by atoms with Gasteiger partial charge < -0.3 is 4.90 Å². The van der Waals surface area contributed by atoms with Gasteiger partial charge in [-0.1, -0.05) is 24.6 Å². The highest BCUT2D eigenvalue weighted by molar-refractivity contribution is 6.29. The minimum atomic E-state index is -0.481. The van der Waals surface area contributed by atoms with Crippen molar-refractivity contribution < 1.29 is 14.0 Å². The summed E-state index contributed by atoms with van der Waals surface area (Å²) in [6.45, 7) is 1.75. The zero-order valence-electron chi connectivity index (χ0n) is 16.7. The van der Waals surface area contributed by atoms with Gasteiger partial charge in [-0.2, -0.15) is 0 Å². The maximum Gasteiger partial charge on any atom is 0.226 e. The number of pyridine rings is 2. The average Bonchev–Trinajstić information content (AvgIpc) is 2.77. The summed E-state index contributed by atoms with van der Waals surface area (Å²) in [6.07, 6.45) is 4.30. The van der Waals surface area contributed by atoms with Crippen LogP contribution in [0.3, 0.4) is 0 Å². The largest absolute Gasteiger partial charge is 0.315 e. The van der Waals surface area contributed by atoms with Gasteiger partial charge in [0.05, 0.1) is 5.69 Å². The van der Waals surface area contributed by atoms with Crippen molar-refractivity contribution in [3.63, 3.8) is 0 Å². The Labute approximate surface area is 179 Å². The molecule has 5 nitrogen and oxygen atoms in total. The van der Waals surface area contributed by atoms with Crippen molar-refractivity contribution in [2.24, 2.45) is 0 Å². The summed E-state index contributed by atoms with van der Waals surface area (Å²) in [6, 6.07) is 11.4. The van der Waals surface area contributed by atoms with Gasteiger partial charge in [-0.3, -0.25) is 14.6 Å². The molecule has 3 aromatic rings. The van der Waals surface area contributed by atoms with Crippen molar-refractivity contribution in [2.45, 2.75) is 26.2 Å². The van der Waals surface area contributed by atoms with E-state index in [0.717, 1.165) is 5.56 Å². The second kappa shape index (κ2) is 9.59. The van der Waals surface area contributed by atoms with E-state index >= 15 is 0 Å². The first-order valence-electron chi connectivity index (χ1n) is 9.55. The molecule has 1 aromatic carbocycles. The number of aryl methyl sites for hydroxylation is 1. The molecule has 2 aromatic heterocycles. The maximum atomic E-state index is 14.6. The lowest BCUT2D eigenvalue weighted by Crippen LogP contribution is -2.25. The van der Waals surface area contributed by atoms with E-state index in [1.807, 2.05) is 6.07 Å². The zero-order chi connectivity index (χ0) is 21.7. The Morgan fingerprint density at radius 1 is 1.07 bits per heavy atom. The van der Waals surface area contributed by atoms with Gasteiger partial charge in [0.25, 0.3) is 0 Å². The molecule has 2 heterocycles. The Balaban J connectivity index is 1.69. The van der Waals surface area contributed by atoms with Crippen LogP contribution < -0.4 is 4.90 Å². The molecule has 3 rings (SSSR count). The number of anilines is 1. The number of halogens is 2. The van der Waals surface area contributed by atoms with Crippen molar-refractivity contribution in [3.8, 4) is 11.3 Å². The lowest BCUT2D eigenvalue weighted by Gasteiger charge is -2.17. The monoisotopic (exact) mass is 425 g/mol. The van der Waals surface area contributed by atoms with E-state index in [1.54, 1.807) is 50.5 Å². The normalized spacial score (nSPS) is 10.7. The van der Waals surface area contributed by atoms with E-state index < -0.39 is 5.82 Å². The molecule has 0 N–H and O–H groups in total. The van der Waals surface area contributed by atoms with Crippen LogP contribution in [0, 0.1) is 5.82 Å². The van der Waals surface area contributed by atoms with Crippen LogP contribution in [-0.2, 0) is 11.2 Å². The molecule has 0 saturated carbocycles. The standard InChI is InChI=1S/C23H21ClFN3O2/c1-3-23(30)28(2)17-7-8-18(19(25)12-17)20-9-6-16(14-26-20)21(29)10-4-15-5-11-22(24)27-13-15/h5-9,11-14H,3-4,10H2,1-2H3. The Bertz CT molecular complexity index is 1050. The first-order valence-corrected chi connectivity index (χ1v) is 9.93. The molecule has 0 aliphatic heterocycles. The van der Waals surface area contributed by atoms with Crippen LogP contribution in [0.1, 0.15) is 35.7 Å². The molecule has 0 unspecified atom stereocenters. The van der Waals surface area contributed by atoms with E-state index in [4.69, 9.17) is 11.6 Å². The molecule has 0 atom stereocenters. The van der Waals surface area contributed by atoms with Crippen molar-refractivity contribution in [3.05, 3.63) is 77.0 Å². The summed E-state index contributed by atoms with van der Waals surface area (Å²) in [4.78, 5) is 33.9. The number of benzene rings is 1. The third kappa shape index (κ3) is 5.07. The average molecular weight is 426 g/mol. The smallest absolute Gasteiger partial charge is 0.226 e. The minimum Gasteiger partial charge on any atom is -0.315 e. The second-order valence-electron chi connectivity index (χ2n) is 6.81. The van der Waals surface area contributed by atoms with Crippen LogP contribution in [0.2, 0.25) is 5.15 Å². The number of carbonyl (C=O) groups is 2. The van der Waals surface area contributed by atoms with Crippen molar-refractivity contribution in [2.75, 3.05) is 11.9 Å². The number of ketones is 1. The van der Waals surface area contributed by atoms with Crippen LogP contribution in [0.5, 0.6) is 0 Å². The molecule has 1 amide bonds. The van der Waals surface area contributed by atoms with Crippen LogP contribution >= 0.6 is 11.6 Å². The Morgan fingerprint density at radius 3 is 2.47 bits per heavy atom. The third-order valence-corrected chi connectivity index (χ3v) is 5.03. The van der Waals surface area contributed by atoms with E-state index in [2.05, 4.69) is 9.97 Å². The maximum absolute atomic E-state index is 14.6. The van der Waals surface area contributed by atoms with Crippen molar-refractivity contribution in [1.29, 1.82) is 0 Å². The molecule has 0 bridgehead atoms. The fourth-order valence-electron chi connectivity index (χ4n) is 2.98. The number of Topliss-reactive ketones (excluding diaryl/α,β-unsaturated/α-hetero) is 1. The molecule has 0 saturated heterocycles. The van der Waals surface area contributed by atoms with Gasteiger partial charge in [0.2, 0.25) is 5.91 Å². The van der Waals surface area contributed by atoms with Crippen LogP contribution in [-0.4, -0.2) is 28.7 Å². The highest BCUT2D eigenvalue weighted by Crippen LogP contribution is 2.26. The number of carbonyl (C=O) groups excluding carboxylic acids is 2. The number of hydrogen-bond acceptors (Lipinski definition) is 4. The first kappa shape index (κ1) is 21.6. The molecule has 0 aliphatic carbocycles. The predicted molar refractivity (Wildman–Crippen MR) is 115 cm³/mol. The zero-order valence-corrected chi connectivity index (χ0v) is 17.5. The van der Waals surface area contributed by atoms with Crippen molar-refractivity contribution >= 4 is 29.0 Å². The van der Waals surface area contributed by atoms with Gasteiger partial charge in [-0.05, 0) is 48.4 Å². The quantitative estimate of drug-likeness (QED) is 0.389. The van der Waals surface area contributed by atoms with Gasteiger partial charge in [0.1, 0.15) is 11.0 Å². The van der Waals surface area contributed by atoms with Crippen molar-refractivity contribution in [1.82, 2.24) is 9.97 Å². The highest BCUT2D eigenvalue weighted by Gasteiger charge is 2.14. The molecule has 154 valence electrons.